The van der Waals surface area contributed by atoms with Gasteiger partial charge in [0, 0.05) is 38.1 Å². The van der Waals surface area contributed by atoms with Gasteiger partial charge in [0.2, 0.25) is 0 Å². The summed E-state index contributed by atoms with van der Waals surface area (Å²) >= 11 is 0. The standard InChI is InChI=1S/C38H59N3O10/c1-11-28-38(7)32(40-36(46)51-38)26(20-39-19-25-15-13-12-14-16-25)29(42)21(2)18-37(6,47-10)33(23(4)30(43)24(5)34(45)49-28)50-35-31(44)27(41(8)9)17-22(3)48-35/h12-16,21-24,26-28,31-33,35,39,44H,11,17-20H2,1-10H3,(H,40,46)/t21-,22-,23+,24-,26+,27+,28-,31-,32-,33-,35?,37+,38-/m1/s1. The number of methoxy groups -OCH3 is 1. The van der Waals surface area contributed by atoms with Gasteiger partial charge >= 0.3 is 12.1 Å². The van der Waals surface area contributed by atoms with Crippen LogP contribution in [0.2, 0.25) is 0 Å². The molecule has 3 aliphatic heterocycles. The molecule has 51 heavy (non-hydrogen) atoms. The number of alkyl carbamates (subject to hydrolysis) is 1. The van der Waals surface area contributed by atoms with Crippen molar-refractivity contribution in [1.82, 2.24) is 15.5 Å². The number of nitrogens with zero attached hydrogens (tertiary/aromatic N) is 1. The molecule has 0 aromatic heterocycles. The summed E-state index contributed by atoms with van der Waals surface area (Å²) in [5.74, 6) is -5.07. The summed E-state index contributed by atoms with van der Waals surface area (Å²) in [7, 11) is 5.23. The Morgan fingerprint density at radius 3 is 2.31 bits per heavy atom. The topological polar surface area (TPSA) is 162 Å². The van der Waals surface area contributed by atoms with Crippen molar-refractivity contribution in [3.63, 3.8) is 0 Å². The summed E-state index contributed by atoms with van der Waals surface area (Å²) in [5.41, 5.74) is -1.67. The number of aliphatic hydroxyl groups is 1. The smallest absolute Gasteiger partial charge is 0.408 e. The van der Waals surface area contributed by atoms with Gasteiger partial charge in [0.1, 0.15) is 23.9 Å². The van der Waals surface area contributed by atoms with E-state index in [1.165, 1.54) is 14.0 Å². The third kappa shape index (κ3) is 8.82. The van der Waals surface area contributed by atoms with Crippen LogP contribution in [0.4, 0.5) is 4.79 Å². The molecule has 13 nitrogen and oxygen atoms in total. The minimum atomic E-state index is -1.42. The molecule has 0 spiro atoms. The number of nitrogens with one attached hydrogen (secondary N) is 2. The number of likely N-dealkylation sites (N-methyl/N-ethyl adjacent to an activating group) is 1. The molecule has 4 rings (SSSR count). The highest BCUT2D eigenvalue weighted by Gasteiger charge is 2.58. The van der Waals surface area contributed by atoms with Gasteiger partial charge in [-0.15, -0.1) is 0 Å². The van der Waals surface area contributed by atoms with Crippen LogP contribution >= 0.6 is 0 Å². The van der Waals surface area contributed by atoms with Gasteiger partial charge in [0.05, 0.1) is 29.8 Å². The molecule has 3 fully saturated rings. The molecule has 3 N–H and O–H groups in total. The maximum atomic E-state index is 14.7. The van der Waals surface area contributed by atoms with E-state index in [4.69, 9.17) is 23.7 Å². The second-order valence-corrected chi connectivity index (χ2v) is 15.3. The molecule has 0 aliphatic carbocycles. The summed E-state index contributed by atoms with van der Waals surface area (Å²) in [6, 6.07) is 8.60. The Morgan fingerprint density at radius 1 is 1.04 bits per heavy atom. The molecule has 0 saturated carbocycles. The van der Waals surface area contributed by atoms with Crippen molar-refractivity contribution in [2.45, 2.75) is 128 Å². The highest BCUT2D eigenvalue weighted by Crippen LogP contribution is 2.40. The van der Waals surface area contributed by atoms with Crippen molar-refractivity contribution in [3.05, 3.63) is 35.9 Å². The fraction of sp³-hybridized carbons (Fsp3) is 0.737. The van der Waals surface area contributed by atoms with Crippen LogP contribution in [0.1, 0.15) is 73.3 Å². The monoisotopic (exact) mass is 717 g/mol. The molecule has 1 amide bonds. The largest absolute Gasteiger partial charge is 0.458 e. The van der Waals surface area contributed by atoms with Gasteiger partial charge in [0.15, 0.2) is 17.7 Å². The van der Waals surface area contributed by atoms with Crippen LogP contribution in [0.15, 0.2) is 30.3 Å². The Labute approximate surface area is 302 Å². The van der Waals surface area contributed by atoms with E-state index in [1.54, 1.807) is 34.6 Å². The number of amides is 1. The lowest BCUT2D eigenvalue weighted by molar-refractivity contribution is -0.295. The molecule has 0 radical (unpaired) electrons. The van der Waals surface area contributed by atoms with E-state index in [-0.39, 0.29) is 37.3 Å². The average molecular weight is 718 g/mol. The Balaban J connectivity index is 1.77. The molecule has 13 atom stereocenters. The van der Waals surface area contributed by atoms with Crippen LogP contribution in [0, 0.1) is 23.7 Å². The summed E-state index contributed by atoms with van der Waals surface area (Å²) < 4.78 is 30.7. The zero-order chi connectivity index (χ0) is 37.8. The quantitative estimate of drug-likeness (QED) is 0.253. The van der Waals surface area contributed by atoms with Gasteiger partial charge in [-0.1, -0.05) is 51.1 Å². The summed E-state index contributed by atoms with van der Waals surface area (Å²) in [4.78, 5) is 57.5. The third-order valence-electron chi connectivity index (χ3n) is 11.3. The highest BCUT2D eigenvalue weighted by atomic mass is 16.7. The number of rotatable bonds is 9. The van der Waals surface area contributed by atoms with Crippen LogP contribution in [-0.4, -0.2) is 115 Å². The Hall–Kier alpha value is -2.94. The molecule has 1 unspecified atom stereocenters. The van der Waals surface area contributed by atoms with Crippen molar-refractivity contribution < 1.29 is 48.0 Å². The predicted molar refractivity (Wildman–Crippen MR) is 188 cm³/mol. The minimum absolute atomic E-state index is 0.115. The first kappa shape index (κ1) is 40.8. The van der Waals surface area contributed by atoms with Crippen LogP contribution in [0.3, 0.4) is 0 Å². The number of carbonyl (C=O) groups is 4. The molecule has 0 bridgehead atoms. The summed E-state index contributed by atoms with van der Waals surface area (Å²) in [6.45, 7) is 12.7. The number of Topliss-reactive ketones (excluding diaryl/α,β-unsaturated/α-hetero) is 2. The molecule has 3 aliphatic rings. The van der Waals surface area contributed by atoms with E-state index < -0.39 is 83.4 Å². The van der Waals surface area contributed by atoms with Gasteiger partial charge in [0.25, 0.3) is 0 Å². The molecule has 13 heteroatoms. The fourth-order valence-electron chi connectivity index (χ4n) is 8.17. The second kappa shape index (κ2) is 16.8. The fourth-order valence-corrected chi connectivity index (χ4v) is 8.17. The predicted octanol–water partition coefficient (Wildman–Crippen LogP) is 3.25. The number of benzene rings is 1. The maximum absolute atomic E-state index is 14.7. The molecule has 3 heterocycles. The first-order valence-corrected chi connectivity index (χ1v) is 18.2. The number of aliphatic hydroxyl groups excluding tert-OH is 1. The van der Waals surface area contributed by atoms with Crippen molar-refractivity contribution in [3.8, 4) is 0 Å². The van der Waals surface area contributed by atoms with Crippen LogP contribution < -0.4 is 10.6 Å². The normalized spacial score (nSPS) is 39.9. The van der Waals surface area contributed by atoms with E-state index in [0.717, 1.165) is 5.56 Å². The Bertz CT molecular complexity index is 1380. The lowest BCUT2D eigenvalue weighted by Crippen LogP contribution is -2.61. The van der Waals surface area contributed by atoms with Crippen LogP contribution in [0.25, 0.3) is 0 Å². The van der Waals surface area contributed by atoms with Gasteiger partial charge in [-0.3, -0.25) is 14.4 Å². The van der Waals surface area contributed by atoms with Gasteiger partial charge in [-0.25, -0.2) is 4.79 Å². The van der Waals surface area contributed by atoms with E-state index in [9.17, 15) is 24.3 Å². The minimum Gasteiger partial charge on any atom is -0.458 e. The number of ketones is 2. The number of hydrogen-bond donors (Lipinski definition) is 3. The zero-order valence-corrected chi connectivity index (χ0v) is 31.8. The molecule has 286 valence electrons. The highest BCUT2D eigenvalue weighted by molar-refractivity contribution is 6.00. The second-order valence-electron chi connectivity index (χ2n) is 15.3. The lowest BCUT2D eigenvalue weighted by atomic mass is 9.73. The van der Waals surface area contributed by atoms with Crippen LogP contribution in [-0.2, 0) is 44.6 Å². The van der Waals surface area contributed by atoms with Crippen molar-refractivity contribution >= 4 is 23.6 Å². The summed E-state index contributed by atoms with van der Waals surface area (Å²) in [6.07, 6.45) is -4.22. The van der Waals surface area contributed by atoms with E-state index in [1.807, 2.05) is 56.3 Å². The zero-order valence-electron chi connectivity index (χ0n) is 31.8. The molecule has 1 aromatic rings. The van der Waals surface area contributed by atoms with E-state index >= 15 is 0 Å². The first-order valence-electron chi connectivity index (χ1n) is 18.2. The van der Waals surface area contributed by atoms with Crippen LogP contribution in [0.5, 0.6) is 0 Å². The average Bonchev–Trinajstić information content (AvgIpc) is 3.41. The van der Waals surface area contributed by atoms with Crippen molar-refractivity contribution in [2.24, 2.45) is 23.7 Å². The van der Waals surface area contributed by atoms with E-state index in [2.05, 4.69) is 10.6 Å². The SMILES string of the molecule is CC[C@H]1OC(=O)[C@H](C)C(=O)[C@H](C)[C@@H](OC2O[C@H](C)C[C@H](N(C)C)[C@H]2O)[C@@](C)(OC)C[C@@H](C)C(=O)[C@H](CNCc2ccccc2)[C@H]2NC(=O)O[C@@]21C. The number of hydrogen-bond acceptors (Lipinski definition) is 12. The van der Waals surface area contributed by atoms with Crippen molar-refractivity contribution in [2.75, 3.05) is 27.7 Å². The Kier molecular flexibility index (Phi) is 13.5. The number of esters is 1. The number of ether oxygens (including phenoxy) is 5. The third-order valence-corrected chi connectivity index (χ3v) is 11.3. The van der Waals surface area contributed by atoms with Crippen molar-refractivity contribution in [1.29, 1.82) is 0 Å². The first-order chi connectivity index (χ1) is 24.0. The van der Waals surface area contributed by atoms with Gasteiger partial charge in [-0.2, -0.15) is 0 Å². The number of cyclic esters (lactones) is 1. The molecule has 1 aromatic carbocycles. The number of carbonyl (C=O) groups excluding carboxylic acids is 4. The number of fused-ring (bicyclic) bond motifs is 1. The lowest BCUT2D eigenvalue weighted by Gasteiger charge is -2.47. The Morgan fingerprint density at radius 2 is 1.71 bits per heavy atom. The van der Waals surface area contributed by atoms with E-state index in [0.29, 0.717) is 13.0 Å². The maximum Gasteiger partial charge on any atom is 0.408 e. The summed E-state index contributed by atoms with van der Waals surface area (Å²) in [5, 5.41) is 17.7. The molecule has 3 saturated heterocycles. The molecular formula is C38H59N3O10. The molecular weight excluding hydrogens is 658 g/mol. The van der Waals surface area contributed by atoms with Gasteiger partial charge < -0.3 is 44.3 Å². The van der Waals surface area contributed by atoms with Gasteiger partial charge in [-0.05, 0) is 66.6 Å².